The minimum Gasteiger partial charge on any atom is -0.201 e. The minimum absolute atomic E-state index is 0.401. The number of aromatic nitrogens is 1. The van der Waals surface area contributed by atoms with Gasteiger partial charge in [0.1, 0.15) is 7.05 Å². The normalized spacial score (nSPS) is 13.7. The van der Waals surface area contributed by atoms with Crippen molar-refractivity contribution in [2.45, 2.75) is 20.7 Å². The first-order valence-corrected chi connectivity index (χ1v) is 8.19. The van der Waals surface area contributed by atoms with Crippen molar-refractivity contribution in [1.82, 2.24) is 0 Å². The highest BCUT2D eigenvalue weighted by atomic mass is 14.9. The van der Waals surface area contributed by atoms with E-state index >= 15 is 0 Å². The van der Waals surface area contributed by atoms with Gasteiger partial charge in [-0.25, -0.2) is 4.57 Å². The third-order valence-electron chi connectivity index (χ3n) is 4.85. The van der Waals surface area contributed by atoms with E-state index in [4.69, 9.17) is 4.11 Å². The van der Waals surface area contributed by atoms with Crippen LogP contribution < -0.4 is 4.57 Å². The number of rotatable bonds is 1. The summed E-state index contributed by atoms with van der Waals surface area (Å²) in [5.41, 5.74) is 4.52. The minimum atomic E-state index is -2.10. The molecular formula is C23H22N+. The Kier molecular flexibility index (Phi) is 2.68. The smallest absolute Gasteiger partial charge is 0.201 e. The van der Waals surface area contributed by atoms with Gasteiger partial charge in [-0.3, -0.25) is 0 Å². The highest BCUT2D eigenvalue weighted by Gasteiger charge is 2.15. The average Bonchev–Trinajstić information content (AvgIpc) is 2.62. The molecule has 0 saturated heterocycles. The van der Waals surface area contributed by atoms with Crippen LogP contribution in [0.4, 0.5) is 0 Å². The topological polar surface area (TPSA) is 3.88 Å². The van der Waals surface area contributed by atoms with Crippen molar-refractivity contribution in [2.24, 2.45) is 7.05 Å². The van der Waals surface area contributed by atoms with Crippen molar-refractivity contribution in [2.75, 3.05) is 0 Å². The number of hydrogen-bond donors (Lipinski definition) is 0. The summed E-state index contributed by atoms with van der Waals surface area (Å²) >= 11 is 0. The molecule has 24 heavy (non-hydrogen) atoms. The van der Waals surface area contributed by atoms with E-state index in [0.29, 0.717) is 5.56 Å². The summed E-state index contributed by atoms with van der Waals surface area (Å²) in [6.45, 7) is 1.89. The highest BCUT2D eigenvalue weighted by molar-refractivity contribution is 6.08. The van der Waals surface area contributed by atoms with Crippen LogP contribution in [0.5, 0.6) is 0 Å². The SMILES string of the molecule is [2H]C([2H])([2H])c1c[n+](C)c(-c2cc3ccc4ccccc4c3cc2C)cc1C. The van der Waals surface area contributed by atoms with E-state index in [1.54, 1.807) is 6.20 Å². The molecule has 0 bridgehead atoms. The summed E-state index contributed by atoms with van der Waals surface area (Å²) < 4.78 is 25.1. The Morgan fingerprint density at radius 2 is 1.58 bits per heavy atom. The Morgan fingerprint density at radius 1 is 0.792 bits per heavy atom. The molecule has 4 rings (SSSR count). The lowest BCUT2D eigenvalue weighted by Gasteiger charge is -2.10. The third-order valence-corrected chi connectivity index (χ3v) is 4.85. The molecule has 0 spiro atoms. The molecule has 0 aliphatic rings. The highest BCUT2D eigenvalue weighted by Crippen LogP contribution is 2.31. The summed E-state index contributed by atoms with van der Waals surface area (Å²) in [4.78, 5) is 0. The quantitative estimate of drug-likeness (QED) is 0.327. The summed E-state index contributed by atoms with van der Waals surface area (Å²) in [7, 11) is 1.91. The first-order valence-electron chi connectivity index (χ1n) is 9.69. The van der Waals surface area contributed by atoms with Crippen molar-refractivity contribution in [3.63, 3.8) is 0 Å². The van der Waals surface area contributed by atoms with E-state index < -0.39 is 6.85 Å². The second kappa shape index (κ2) is 5.45. The van der Waals surface area contributed by atoms with Crippen LogP contribution in [0.3, 0.4) is 0 Å². The van der Waals surface area contributed by atoms with E-state index in [1.807, 2.05) is 24.6 Å². The van der Waals surface area contributed by atoms with Crippen LogP contribution >= 0.6 is 0 Å². The molecule has 4 aromatic rings. The molecule has 0 aliphatic heterocycles. The monoisotopic (exact) mass is 315 g/mol. The van der Waals surface area contributed by atoms with Crippen molar-refractivity contribution < 1.29 is 8.68 Å². The fourth-order valence-corrected chi connectivity index (χ4v) is 3.46. The molecule has 0 radical (unpaired) electrons. The first-order chi connectivity index (χ1) is 12.8. The molecule has 0 fully saturated rings. The summed E-state index contributed by atoms with van der Waals surface area (Å²) in [6, 6.07) is 19.2. The largest absolute Gasteiger partial charge is 0.212 e. The molecule has 1 heteroatoms. The second-order valence-electron chi connectivity index (χ2n) is 6.54. The summed E-state index contributed by atoms with van der Waals surface area (Å²) in [6.07, 6.45) is 1.74. The number of hydrogen-bond acceptors (Lipinski definition) is 0. The van der Waals surface area contributed by atoms with E-state index in [0.717, 1.165) is 16.8 Å². The third kappa shape index (κ3) is 2.28. The number of pyridine rings is 1. The Bertz CT molecular complexity index is 1190. The molecule has 0 amide bonds. The van der Waals surface area contributed by atoms with Crippen LogP contribution in [-0.4, -0.2) is 0 Å². The van der Waals surface area contributed by atoms with Crippen LogP contribution in [0.1, 0.15) is 20.8 Å². The van der Waals surface area contributed by atoms with Crippen molar-refractivity contribution in [1.29, 1.82) is 0 Å². The van der Waals surface area contributed by atoms with Crippen LogP contribution in [0.2, 0.25) is 0 Å². The zero-order valence-electron chi connectivity index (χ0n) is 17.2. The Labute approximate surface area is 147 Å². The van der Waals surface area contributed by atoms with Crippen LogP contribution in [0.25, 0.3) is 32.8 Å². The van der Waals surface area contributed by atoms with Gasteiger partial charge in [-0.15, -0.1) is 0 Å². The number of benzene rings is 3. The molecule has 0 unspecified atom stereocenters. The van der Waals surface area contributed by atoms with E-state index in [9.17, 15) is 0 Å². The van der Waals surface area contributed by atoms with Gasteiger partial charge in [0.05, 0.1) is 0 Å². The molecule has 118 valence electrons. The van der Waals surface area contributed by atoms with Crippen molar-refractivity contribution >= 4 is 21.5 Å². The van der Waals surface area contributed by atoms with Gasteiger partial charge in [0.15, 0.2) is 6.20 Å². The van der Waals surface area contributed by atoms with Gasteiger partial charge in [-0.1, -0.05) is 36.4 Å². The zero-order valence-corrected chi connectivity index (χ0v) is 14.2. The molecule has 1 heterocycles. The maximum Gasteiger partial charge on any atom is 0.212 e. The molecule has 3 aromatic carbocycles. The molecule has 0 aliphatic carbocycles. The molecule has 1 nitrogen and oxygen atoms in total. The standard InChI is InChI=1S/C23H22N/c1-15-12-23(24(4)14-17(15)3)21-13-19-10-9-18-7-5-6-8-20(18)22(19)11-16(21)2/h5-14H,1-4H3/q+1/i3D3. The summed E-state index contributed by atoms with van der Waals surface area (Å²) in [5, 5.41) is 4.92. The number of nitrogens with zero attached hydrogens (tertiary/aromatic N) is 1. The Hall–Kier alpha value is -2.67. The lowest BCUT2D eigenvalue weighted by atomic mass is 9.95. The predicted octanol–water partition coefficient (Wildman–Crippen LogP) is 5.41. The van der Waals surface area contributed by atoms with Crippen molar-refractivity contribution in [3.05, 3.63) is 77.5 Å². The van der Waals surface area contributed by atoms with E-state index in [-0.39, 0.29) is 0 Å². The number of fused-ring (bicyclic) bond motifs is 3. The molecule has 1 aromatic heterocycles. The first kappa shape index (κ1) is 11.8. The number of aryl methyl sites for hydroxylation is 4. The second-order valence-corrected chi connectivity index (χ2v) is 6.54. The maximum absolute atomic E-state index is 7.73. The van der Waals surface area contributed by atoms with Gasteiger partial charge in [0, 0.05) is 21.3 Å². The molecule has 0 atom stereocenters. The van der Waals surface area contributed by atoms with Crippen LogP contribution in [0.15, 0.2) is 60.8 Å². The molecule has 0 N–H and O–H groups in total. The lowest BCUT2D eigenvalue weighted by Crippen LogP contribution is -2.31. The van der Waals surface area contributed by atoms with Crippen LogP contribution in [-0.2, 0) is 7.05 Å². The fourth-order valence-electron chi connectivity index (χ4n) is 3.46. The average molecular weight is 315 g/mol. The van der Waals surface area contributed by atoms with Crippen LogP contribution in [0, 0.1) is 20.7 Å². The van der Waals surface area contributed by atoms with Gasteiger partial charge in [0.2, 0.25) is 5.69 Å². The van der Waals surface area contributed by atoms with Gasteiger partial charge in [-0.05, 0) is 65.5 Å². The van der Waals surface area contributed by atoms with Gasteiger partial charge < -0.3 is 0 Å². The van der Waals surface area contributed by atoms with E-state index in [2.05, 4.69) is 55.5 Å². The fraction of sp³-hybridized carbons (Fsp3) is 0.174. The van der Waals surface area contributed by atoms with Gasteiger partial charge >= 0.3 is 0 Å². The Balaban J connectivity index is 1.96. The molecule has 0 saturated carbocycles. The predicted molar refractivity (Wildman–Crippen MR) is 102 cm³/mol. The maximum atomic E-state index is 7.73. The molecular weight excluding hydrogens is 290 g/mol. The van der Waals surface area contributed by atoms with Gasteiger partial charge in [0.25, 0.3) is 0 Å². The van der Waals surface area contributed by atoms with Crippen molar-refractivity contribution in [3.8, 4) is 11.3 Å². The summed E-state index contributed by atoms with van der Waals surface area (Å²) in [5.74, 6) is 0. The van der Waals surface area contributed by atoms with Gasteiger partial charge in [-0.2, -0.15) is 0 Å². The van der Waals surface area contributed by atoms with E-state index in [1.165, 1.54) is 27.1 Å². The Morgan fingerprint density at radius 3 is 2.42 bits per heavy atom. The zero-order chi connectivity index (χ0) is 19.3. The lowest BCUT2D eigenvalue weighted by molar-refractivity contribution is -0.660.